The summed E-state index contributed by atoms with van der Waals surface area (Å²) in [7, 11) is 3.59. The molecule has 1 fully saturated rings. The van der Waals surface area contributed by atoms with E-state index >= 15 is 0 Å². The molecule has 6 heteroatoms. The Morgan fingerprint density at radius 2 is 2.04 bits per heavy atom. The zero-order valence-corrected chi connectivity index (χ0v) is 14.0. The largest absolute Gasteiger partial charge is 0.489 e. The number of carbonyl (C=O) groups is 1. The normalized spacial score (nSPS) is 20.8. The summed E-state index contributed by atoms with van der Waals surface area (Å²) in [6.07, 6.45) is 7.68. The first kappa shape index (κ1) is 16.4. The molecule has 6 nitrogen and oxygen atoms in total. The van der Waals surface area contributed by atoms with Gasteiger partial charge in [-0.2, -0.15) is 0 Å². The third-order valence-electron chi connectivity index (χ3n) is 4.15. The molecule has 0 aromatic carbocycles. The average molecular weight is 326 g/mol. The Morgan fingerprint density at radius 1 is 1.25 bits per heavy atom. The minimum atomic E-state index is -0.174. The van der Waals surface area contributed by atoms with E-state index in [1.165, 1.54) is 0 Å². The molecule has 24 heavy (non-hydrogen) atoms. The lowest BCUT2D eigenvalue weighted by molar-refractivity contribution is -0.133. The maximum Gasteiger partial charge on any atom is 0.239 e. The fourth-order valence-corrected chi connectivity index (χ4v) is 3.01. The number of rotatable bonds is 5. The van der Waals surface area contributed by atoms with Gasteiger partial charge in [-0.05, 0) is 23.8 Å². The van der Waals surface area contributed by atoms with Crippen LogP contribution in [-0.4, -0.2) is 58.5 Å². The standard InChI is InChI=1S/C18H22N4O2/c1-21(2)18(23)17-10-16(24-15-5-8-19-9-6-15)13-22(17)12-14-4-3-7-20-11-14/h3-9,11,16-17H,10,12-13H2,1-2H3/t16-,17+/m1/s1. The van der Waals surface area contributed by atoms with E-state index in [-0.39, 0.29) is 18.1 Å². The first-order valence-electron chi connectivity index (χ1n) is 8.04. The number of hydrogen-bond acceptors (Lipinski definition) is 5. The number of ether oxygens (including phenoxy) is 1. The van der Waals surface area contributed by atoms with Gasteiger partial charge in [-0.3, -0.25) is 19.7 Å². The van der Waals surface area contributed by atoms with E-state index in [0.29, 0.717) is 19.5 Å². The maximum atomic E-state index is 12.5. The van der Waals surface area contributed by atoms with Gasteiger partial charge in [-0.15, -0.1) is 0 Å². The van der Waals surface area contributed by atoms with E-state index < -0.39 is 0 Å². The van der Waals surface area contributed by atoms with Gasteiger partial charge >= 0.3 is 0 Å². The number of likely N-dealkylation sites (tertiary alicyclic amines) is 1. The van der Waals surface area contributed by atoms with Gasteiger partial charge in [0.25, 0.3) is 0 Å². The van der Waals surface area contributed by atoms with Crippen LogP contribution in [0.4, 0.5) is 0 Å². The third kappa shape index (κ3) is 3.89. The first-order chi connectivity index (χ1) is 11.6. The molecule has 0 bridgehead atoms. The second-order valence-electron chi connectivity index (χ2n) is 6.20. The monoisotopic (exact) mass is 326 g/mol. The van der Waals surface area contributed by atoms with Crippen molar-refractivity contribution < 1.29 is 9.53 Å². The van der Waals surface area contributed by atoms with Crippen LogP contribution in [0, 0.1) is 0 Å². The SMILES string of the molecule is CN(C)C(=O)[C@@H]1C[C@@H](Oc2ccncc2)CN1Cc1cccnc1. The van der Waals surface area contributed by atoms with Gasteiger partial charge in [0.2, 0.25) is 5.91 Å². The smallest absolute Gasteiger partial charge is 0.239 e. The van der Waals surface area contributed by atoms with Gasteiger partial charge in [-0.25, -0.2) is 0 Å². The van der Waals surface area contributed by atoms with E-state index in [1.807, 2.05) is 30.5 Å². The number of carbonyl (C=O) groups excluding carboxylic acids is 1. The van der Waals surface area contributed by atoms with E-state index in [2.05, 4.69) is 14.9 Å². The molecular weight excluding hydrogens is 304 g/mol. The molecule has 0 spiro atoms. The summed E-state index contributed by atoms with van der Waals surface area (Å²) in [6, 6.07) is 7.45. The number of hydrogen-bond donors (Lipinski definition) is 0. The molecule has 2 aromatic heterocycles. The van der Waals surface area contributed by atoms with Crippen LogP contribution in [0.1, 0.15) is 12.0 Å². The highest BCUT2D eigenvalue weighted by atomic mass is 16.5. The predicted octanol–water partition coefficient (Wildman–Crippen LogP) is 1.59. The van der Waals surface area contributed by atoms with E-state index in [9.17, 15) is 4.79 Å². The Kier molecular flexibility index (Phi) is 5.05. The highest BCUT2D eigenvalue weighted by Crippen LogP contribution is 2.25. The zero-order chi connectivity index (χ0) is 16.9. The van der Waals surface area contributed by atoms with Crippen molar-refractivity contribution in [1.29, 1.82) is 0 Å². The van der Waals surface area contributed by atoms with Crippen LogP contribution in [0.2, 0.25) is 0 Å². The summed E-state index contributed by atoms with van der Waals surface area (Å²) in [4.78, 5) is 24.5. The Bertz CT molecular complexity index is 663. The molecule has 1 aliphatic rings. The molecule has 0 saturated carbocycles. The summed E-state index contributed by atoms with van der Waals surface area (Å²) >= 11 is 0. The lowest BCUT2D eigenvalue weighted by Crippen LogP contribution is -2.42. The molecule has 0 radical (unpaired) electrons. The van der Waals surface area contributed by atoms with Gasteiger partial charge in [-0.1, -0.05) is 6.07 Å². The van der Waals surface area contributed by atoms with Crippen LogP contribution in [0.3, 0.4) is 0 Å². The number of nitrogens with zero attached hydrogens (tertiary/aromatic N) is 4. The van der Waals surface area contributed by atoms with Crippen LogP contribution >= 0.6 is 0 Å². The van der Waals surface area contributed by atoms with E-state index in [0.717, 1.165) is 11.3 Å². The second kappa shape index (κ2) is 7.40. The first-order valence-corrected chi connectivity index (χ1v) is 8.04. The van der Waals surface area contributed by atoms with Crippen LogP contribution < -0.4 is 4.74 Å². The highest BCUT2D eigenvalue weighted by Gasteiger charge is 2.38. The fraction of sp³-hybridized carbons (Fsp3) is 0.389. The lowest BCUT2D eigenvalue weighted by atomic mass is 10.1. The summed E-state index contributed by atoms with van der Waals surface area (Å²) in [5.74, 6) is 0.897. The quantitative estimate of drug-likeness (QED) is 0.835. The maximum absolute atomic E-state index is 12.5. The predicted molar refractivity (Wildman–Crippen MR) is 90.4 cm³/mol. The van der Waals surface area contributed by atoms with Gasteiger partial charge in [0, 0.05) is 58.4 Å². The Hall–Kier alpha value is -2.47. The lowest BCUT2D eigenvalue weighted by Gasteiger charge is -2.25. The molecule has 0 unspecified atom stereocenters. The van der Waals surface area contributed by atoms with Crippen molar-refractivity contribution in [3.63, 3.8) is 0 Å². The summed E-state index contributed by atoms with van der Waals surface area (Å²) in [5, 5.41) is 0. The molecule has 2 atom stereocenters. The van der Waals surface area contributed by atoms with Crippen molar-refractivity contribution in [3.05, 3.63) is 54.6 Å². The van der Waals surface area contributed by atoms with Crippen molar-refractivity contribution in [2.24, 2.45) is 0 Å². The van der Waals surface area contributed by atoms with E-state index in [1.54, 1.807) is 37.6 Å². The average Bonchev–Trinajstić information content (AvgIpc) is 2.98. The summed E-state index contributed by atoms with van der Waals surface area (Å²) in [6.45, 7) is 1.40. The van der Waals surface area contributed by atoms with Crippen LogP contribution in [0.25, 0.3) is 0 Å². The van der Waals surface area contributed by atoms with Crippen molar-refractivity contribution in [2.75, 3.05) is 20.6 Å². The molecule has 3 rings (SSSR count). The van der Waals surface area contributed by atoms with Crippen molar-refractivity contribution >= 4 is 5.91 Å². The molecule has 126 valence electrons. The van der Waals surface area contributed by atoms with E-state index in [4.69, 9.17) is 4.74 Å². The van der Waals surface area contributed by atoms with Crippen LogP contribution in [-0.2, 0) is 11.3 Å². The molecule has 1 saturated heterocycles. The third-order valence-corrected chi connectivity index (χ3v) is 4.15. The highest BCUT2D eigenvalue weighted by molar-refractivity contribution is 5.81. The number of likely N-dealkylation sites (N-methyl/N-ethyl adjacent to an activating group) is 1. The van der Waals surface area contributed by atoms with Gasteiger partial charge in [0.1, 0.15) is 11.9 Å². The van der Waals surface area contributed by atoms with Crippen LogP contribution in [0.15, 0.2) is 49.1 Å². The topological polar surface area (TPSA) is 58.6 Å². The Labute approximate surface area is 142 Å². The van der Waals surface area contributed by atoms with Gasteiger partial charge in [0.15, 0.2) is 0 Å². The zero-order valence-electron chi connectivity index (χ0n) is 14.0. The molecular formula is C18H22N4O2. The van der Waals surface area contributed by atoms with Gasteiger partial charge in [0.05, 0.1) is 6.04 Å². The minimum absolute atomic E-state index is 0.0158. The molecule has 2 aromatic rings. The Balaban J connectivity index is 1.73. The molecule has 0 aliphatic carbocycles. The number of aromatic nitrogens is 2. The van der Waals surface area contributed by atoms with Gasteiger partial charge < -0.3 is 9.64 Å². The molecule has 1 amide bonds. The summed E-state index contributed by atoms with van der Waals surface area (Å²) < 4.78 is 6.04. The number of pyridine rings is 2. The Morgan fingerprint density at radius 3 is 2.71 bits per heavy atom. The number of amides is 1. The minimum Gasteiger partial charge on any atom is -0.489 e. The summed E-state index contributed by atoms with van der Waals surface area (Å²) in [5.41, 5.74) is 1.10. The fourth-order valence-electron chi connectivity index (χ4n) is 3.01. The van der Waals surface area contributed by atoms with Crippen molar-refractivity contribution in [3.8, 4) is 5.75 Å². The molecule has 0 N–H and O–H groups in total. The van der Waals surface area contributed by atoms with Crippen molar-refractivity contribution in [2.45, 2.75) is 25.1 Å². The molecule has 3 heterocycles. The van der Waals surface area contributed by atoms with Crippen molar-refractivity contribution in [1.82, 2.24) is 19.8 Å². The second-order valence-corrected chi connectivity index (χ2v) is 6.20. The van der Waals surface area contributed by atoms with Crippen LogP contribution in [0.5, 0.6) is 5.75 Å². The molecule has 1 aliphatic heterocycles.